The molecule has 2 rings (SSSR count). The van der Waals surface area contributed by atoms with Crippen LogP contribution in [-0.4, -0.2) is 9.55 Å². The van der Waals surface area contributed by atoms with Gasteiger partial charge in [0.05, 0.1) is 12.0 Å². The van der Waals surface area contributed by atoms with E-state index in [0.717, 1.165) is 17.3 Å². The van der Waals surface area contributed by atoms with Crippen LogP contribution in [0.1, 0.15) is 11.3 Å². The van der Waals surface area contributed by atoms with E-state index < -0.39 is 0 Å². The van der Waals surface area contributed by atoms with Gasteiger partial charge in [-0.3, -0.25) is 0 Å². The second-order valence-corrected chi connectivity index (χ2v) is 3.75. The Hall–Kier alpha value is -1.28. The molecule has 0 unspecified atom stereocenters. The van der Waals surface area contributed by atoms with Crippen LogP contribution >= 0.6 is 11.6 Å². The molecule has 1 aromatic carbocycles. The normalized spacial score (nSPS) is 10.4. The zero-order valence-electron chi connectivity index (χ0n) is 7.94. The highest BCUT2D eigenvalue weighted by molar-refractivity contribution is 6.30. The number of hydrogen-bond donors (Lipinski definition) is 0. The molecule has 2 aromatic rings. The van der Waals surface area contributed by atoms with Crippen molar-refractivity contribution in [1.29, 1.82) is 0 Å². The highest BCUT2D eigenvalue weighted by Crippen LogP contribution is 2.11. The molecular weight excluding hydrogens is 196 g/mol. The zero-order valence-corrected chi connectivity index (χ0v) is 8.70. The molecule has 0 fully saturated rings. The third-order valence-electron chi connectivity index (χ3n) is 2.02. The van der Waals surface area contributed by atoms with Gasteiger partial charge in [0.2, 0.25) is 0 Å². The lowest BCUT2D eigenvalue weighted by atomic mass is 10.2. The third kappa shape index (κ3) is 2.15. The average Bonchev–Trinajstić information content (AvgIpc) is 2.51. The maximum Gasteiger partial charge on any atom is 0.0952 e. The summed E-state index contributed by atoms with van der Waals surface area (Å²) in [5.74, 6) is 0. The first-order valence-corrected chi connectivity index (χ1v) is 4.84. The number of aryl methyl sites for hydroxylation is 1. The smallest absolute Gasteiger partial charge is 0.0952 e. The molecule has 0 saturated heterocycles. The summed E-state index contributed by atoms with van der Waals surface area (Å²) < 4.78 is 2.04. The van der Waals surface area contributed by atoms with E-state index in [4.69, 9.17) is 11.6 Å². The number of nitrogens with zero attached hydrogens (tertiary/aromatic N) is 2. The van der Waals surface area contributed by atoms with Gasteiger partial charge in [-0.25, -0.2) is 4.98 Å². The Morgan fingerprint density at radius 2 is 2.29 bits per heavy atom. The Bertz CT molecular complexity index is 434. The molecule has 0 saturated carbocycles. The molecule has 3 heteroatoms. The van der Waals surface area contributed by atoms with Gasteiger partial charge in [-0.2, -0.15) is 0 Å². The number of hydrogen-bond acceptors (Lipinski definition) is 1. The van der Waals surface area contributed by atoms with Gasteiger partial charge in [0.15, 0.2) is 0 Å². The lowest BCUT2D eigenvalue weighted by Crippen LogP contribution is -1.95. The Morgan fingerprint density at radius 1 is 1.43 bits per heavy atom. The van der Waals surface area contributed by atoms with Crippen molar-refractivity contribution >= 4 is 11.6 Å². The summed E-state index contributed by atoms with van der Waals surface area (Å²) in [6, 6.07) is 7.86. The number of halogens is 1. The fourth-order valence-electron chi connectivity index (χ4n) is 1.40. The summed E-state index contributed by atoms with van der Waals surface area (Å²) in [4.78, 5) is 4.17. The number of imidazole rings is 1. The predicted octanol–water partition coefficient (Wildman–Crippen LogP) is 2.89. The van der Waals surface area contributed by atoms with E-state index in [-0.39, 0.29) is 0 Å². The summed E-state index contributed by atoms with van der Waals surface area (Å²) in [6.45, 7) is 2.80. The molecule has 0 radical (unpaired) electrons. The van der Waals surface area contributed by atoms with Crippen molar-refractivity contribution < 1.29 is 0 Å². The summed E-state index contributed by atoms with van der Waals surface area (Å²) in [7, 11) is 0. The molecule has 0 aliphatic carbocycles. The molecule has 0 N–H and O–H groups in total. The minimum Gasteiger partial charge on any atom is -0.333 e. The molecule has 2 nitrogen and oxygen atoms in total. The van der Waals surface area contributed by atoms with Gasteiger partial charge in [-0.15, -0.1) is 0 Å². The molecule has 0 bridgehead atoms. The lowest BCUT2D eigenvalue weighted by molar-refractivity contribution is 0.797. The Morgan fingerprint density at radius 3 is 2.93 bits per heavy atom. The zero-order chi connectivity index (χ0) is 9.97. The number of rotatable bonds is 2. The van der Waals surface area contributed by atoms with Crippen molar-refractivity contribution in [1.82, 2.24) is 9.55 Å². The summed E-state index contributed by atoms with van der Waals surface area (Å²) >= 11 is 5.89. The SMILES string of the molecule is Cc1cn(Cc2cccc(Cl)c2)cn1. The first-order valence-electron chi connectivity index (χ1n) is 4.47. The average molecular weight is 207 g/mol. The second-order valence-electron chi connectivity index (χ2n) is 3.32. The highest BCUT2D eigenvalue weighted by Gasteiger charge is 1.96. The van der Waals surface area contributed by atoms with Gasteiger partial charge >= 0.3 is 0 Å². The van der Waals surface area contributed by atoms with Crippen LogP contribution in [0.4, 0.5) is 0 Å². The van der Waals surface area contributed by atoms with Crippen LogP contribution < -0.4 is 0 Å². The predicted molar refractivity (Wildman–Crippen MR) is 57.5 cm³/mol. The van der Waals surface area contributed by atoms with Crippen molar-refractivity contribution in [3.05, 3.63) is 53.1 Å². The van der Waals surface area contributed by atoms with Crippen molar-refractivity contribution in [3.63, 3.8) is 0 Å². The quantitative estimate of drug-likeness (QED) is 0.739. The number of benzene rings is 1. The topological polar surface area (TPSA) is 17.8 Å². The maximum absolute atomic E-state index is 5.89. The van der Waals surface area contributed by atoms with Gasteiger partial charge in [0.25, 0.3) is 0 Å². The van der Waals surface area contributed by atoms with Crippen LogP contribution in [0.25, 0.3) is 0 Å². The molecule has 0 atom stereocenters. The summed E-state index contributed by atoms with van der Waals surface area (Å²) in [6.07, 6.45) is 3.84. The Labute approximate surface area is 88.2 Å². The third-order valence-corrected chi connectivity index (χ3v) is 2.25. The van der Waals surface area contributed by atoms with Crippen molar-refractivity contribution in [2.45, 2.75) is 13.5 Å². The monoisotopic (exact) mass is 206 g/mol. The van der Waals surface area contributed by atoms with Crippen LogP contribution in [0.5, 0.6) is 0 Å². The van der Waals surface area contributed by atoms with Gasteiger partial charge in [0, 0.05) is 17.8 Å². The minimum absolute atomic E-state index is 0.777. The van der Waals surface area contributed by atoms with Crippen LogP contribution in [0.3, 0.4) is 0 Å². The summed E-state index contributed by atoms with van der Waals surface area (Å²) in [5.41, 5.74) is 2.22. The van der Waals surface area contributed by atoms with E-state index in [2.05, 4.69) is 11.1 Å². The van der Waals surface area contributed by atoms with E-state index in [0.29, 0.717) is 0 Å². The highest BCUT2D eigenvalue weighted by atomic mass is 35.5. The van der Waals surface area contributed by atoms with E-state index >= 15 is 0 Å². The van der Waals surface area contributed by atoms with Gasteiger partial charge in [-0.1, -0.05) is 23.7 Å². The van der Waals surface area contributed by atoms with E-state index in [1.165, 1.54) is 5.56 Å². The van der Waals surface area contributed by atoms with Crippen molar-refractivity contribution in [3.8, 4) is 0 Å². The Kier molecular flexibility index (Phi) is 2.55. The van der Waals surface area contributed by atoms with Crippen LogP contribution in [0.2, 0.25) is 5.02 Å². The molecule has 14 heavy (non-hydrogen) atoms. The number of aromatic nitrogens is 2. The second kappa shape index (κ2) is 3.84. The largest absolute Gasteiger partial charge is 0.333 e. The molecule has 0 aliphatic heterocycles. The fourth-order valence-corrected chi connectivity index (χ4v) is 1.62. The van der Waals surface area contributed by atoms with E-state index in [9.17, 15) is 0 Å². The maximum atomic E-state index is 5.89. The molecule has 1 heterocycles. The van der Waals surface area contributed by atoms with Crippen LogP contribution in [0.15, 0.2) is 36.8 Å². The molecule has 0 aliphatic rings. The molecule has 72 valence electrons. The summed E-state index contributed by atoms with van der Waals surface area (Å²) in [5, 5.41) is 0.777. The molecule has 1 aromatic heterocycles. The first kappa shape index (κ1) is 9.28. The molecule has 0 amide bonds. The van der Waals surface area contributed by atoms with Crippen molar-refractivity contribution in [2.75, 3.05) is 0 Å². The van der Waals surface area contributed by atoms with E-state index in [1.54, 1.807) is 0 Å². The standard InChI is InChI=1S/C11H11ClN2/c1-9-6-14(8-13-9)7-10-3-2-4-11(12)5-10/h2-6,8H,7H2,1H3. The van der Waals surface area contributed by atoms with Gasteiger partial charge in [-0.05, 0) is 24.6 Å². The van der Waals surface area contributed by atoms with E-state index in [1.807, 2.05) is 42.2 Å². The van der Waals surface area contributed by atoms with Gasteiger partial charge in [0.1, 0.15) is 0 Å². The Balaban J connectivity index is 2.18. The lowest BCUT2D eigenvalue weighted by Gasteiger charge is -2.02. The van der Waals surface area contributed by atoms with Gasteiger partial charge < -0.3 is 4.57 Å². The first-order chi connectivity index (χ1) is 6.74. The minimum atomic E-state index is 0.777. The molecular formula is C11H11ClN2. The van der Waals surface area contributed by atoms with Crippen molar-refractivity contribution in [2.24, 2.45) is 0 Å². The molecule has 0 spiro atoms. The van der Waals surface area contributed by atoms with Crippen LogP contribution in [-0.2, 0) is 6.54 Å². The van der Waals surface area contributed by atoms with Crippen LogP contribution in [0, 0.1) is 6.92 Å². The fraction of sp³-hybridized carbons (Fsp3) is 0.182.